The molecular formula is C25H24Cl2N4O9. The van der Waals surface area contributed by atoms with Gasteiger partial charge in [0.15, 0.2) is 5.75 Å². The number of carboxylic acid groups (broad SMARTS) is 1. The number of aliphatic hydroxyl groups is 1. The van der Waals surface area contributed by atoms with E-state index in [9.17, 15) is 33.9 Å². The number of rotatable bonds is 10. The molecule has 0 radical (unpaired) electrons. The summed E-state index contributed by atoms with van der Waals surface area (Å²) in [7, 11) is 1.34. The lowest BCUT2D eigenvalue weighted by atomic mass is 10.1. The van der Waals surface area contributed by atoms with E-state index in [1.54, 1.807) is 6.07 Å². The van der Waals surface area contributed by atoms with Gasteiger partial charge in [0.2, 0.25) is 5.91 Å². The second kappa shape index (κ2) is 13.2. The van der Waals surface area contributed by atoms with E-state index < -0.39 is 67.8 Å². The van der Waals surface area contributed by atoms with Crippen molar-refractivity contribution in [1.29, 1.82) is 0 Å². The second-order valence-electron chi connectivity index (χ2n) is 8.48. The number of amides is 4. The van der Waals surface area contributed by atoms with E-state index in [4.69, 9.17) is 33.0 Å². The minimum Gasteiger partial charge on any atom is -0.494 e. The lowest BCUT2D eigenvalue weighted by molar-refractivity contribution is -0.139. The lowest BCUT2D eigenvalue weighted by Crippen LogP contribution is -2.55. The Hall–Kier alpha value is -4.20. The monoisotopic (exact) mass is 594 g/mol. The zero-order valence-corrected chi connectivity index (χ0v) is 22.4. The fourth-order valence-electron chi connectivity index (χ4n) is 4.02. The Morgan fingerprint density at radius 1 is 1.15 bits per heavy atom. The van der Waals surface area contributed by atoms with E-state index in [0.717, 1.165) is 9.80 Å². The van der Waals surface area contributed by atoms with Crippen LogP contribution in [0.4, 0.5) is 11.4 Å². The molecule has 0 bridgehead atoms. The summed E-state index contributed by atoms with van der Waals surface area (Å²) >= 11 is 12.3. The van der Waals surface area contributed by atoms with Crippen molar-refractivity contribution in [2.45, 2.75) is 18.5 Å². The van der Waals surface area contributed by atoms with Crippen LogP contribution in [0.1, 0.15) is 16.8 Å². The highest BCUT2D eigenvalue weighted by molar-refractivity contribution is 6.37. The first-order valence-electron chi connectivity index (χ1n) is 11.6. The Balaban J connectivity index is 1.98. The summed E-state index contributed by atoms with van der Waals surface area (Å²) in [6, 6.07) is 5.78. The number of carboxylic acids is 1. The van der Waals surface area contributed by atoms with Crippen LogP contribution in [0.15, 0.2) is 36.4 Å². The molecule has 0 aromatic heterocycles. The minimum absolute atomic E-state index is 0.0289. The van der Waals surface area contributed by atoms with Crippen molar-refractivity contribution in [3.8, 4) is 5.75 Å². The average Bonchev–Trinajstić information content (AvgIpc) is 3.02. The Labute approximate surface area is 237 Å². The molecule has 0 saturated carbocycles. The molecule has 2 atom stereocenters. The summed E-state index contributed by atoms with van der Waals surface area (Å²) in [5, 5.41) is 23.3. The van der Waals surface area contributed by atoms with Gasteiger partial charge in [-0.3, -0.25) is 28.9 Å². The highest BCUT2D eigenvalue weighted by Crippen LogP contribution is 2.35. The number of aldehydes is 1. The first-order chi connectivity index (χ1) is 19.0. The maximum absolute atomic E-state index is 13.7. The minimum atomic E-state index is -1.43. The normalized spacial score (nSPS) is 15.4. The van der Waals surface area contributed by atoms with Gasteiger partial charge in [-0.05, 0) is 24.3 Å². The van der Waals surface area contributed by atoms with Crippen LogP contribution in [0.2, 0.25) is 10.0 Å². The molecule has 1 aliphatic heterocycles. The molecule has 2 aromatic carbocycles. The summed E-state index contributed by atoms with van der Waals surface area (Å²) in [6.45, 7) is -2.01. The van der Waals surface area contributed by atoms with Crippen molar-refractivity contribution in [2.75, 3.05) is 36.6 Å². The standard InChI is InChI=1S/C25H24Cl2N4O9/c1-40-23-15(26)6-13(7-16(23)27)24(38)29-17-9-30(21(35)12-33)18-4-2-3-5-19(18)31(25(17)39)10-20(34)28-14(11-32)8-22(36)37/h2-7,11,14,17,33H,8-10,12H2,1H3,(H,28,34)(H,29,38)(H,36,37)/t14-,17-/m0/s1. The molecule has 40 heavy (non-hydrogen) atoms. The van der Waals surface area contributed by atoms with Crippen molar-refractivity contribution in [3.05, 3.63) is 52.0 Å². The van der Waals surface area contributed by atoms with Crippen molar-refractivity contribution in [2.24, 2.45) is 0 Å². The summed E-state index contributed by atoms with van der Waals surface area (Å²) < 4.78 is 5.07. The molecule has 212 valence electrons. The van der Waals surface area contributed by atoms with E-state index in [0.29, 0.717) is 0 Å². The first-order valence-corrected chi connectivity index (χ1v) is 12.4. The number of carbonyl (C=O) groups excluding carboxylic acids is 5. The lowest BCUT2D eigenvalue weighted by Gasteiger charge is -2.25. The Kier molecular flexibility index (Phi) is 10.0. The van der Waals surface area contributed by atoms with Crippen molar-refractivity contribution in [1.82, 2.24) is 10.6 Å². The molecule has 15 heteroatoms. The number of para-hydroxylation sites is 2. The van der Waals surface area contributed by atoms with Gasteiger partial charge in [0.25, 0.3) is 17.7 Å². The number of aliphatic hydroxyl groups excluding tert-OH is 1. The molecule has 2 aromatic rings. The molecule has 0 aliphatic carbocycles. The van der Waals surface area contributed by atoms with Crippen LogP contribution in [0.5, 0.6) is 5.75 Å². The predicted octanol–water partition coefficient (Wildman–Crippen LogP) is 0.631. The van der Waals surface area contributed by atoms with Gasteiger partial charge in [-0.1, -0.05) is 35.3 Å². The van der Waals surface area contributed by atoms with Crippen LogP contribution in [-0.2, 0) is 24.0 Å². The number of benzene rings is 2. The van der Waals surface area contributed by atoms with Crippen molar-refractivity contribution >= 4 is 70.5 Å². The molecule has 4 N–H and O–H groups in total. The molecule has 0 saturated heterocycles. The molecule has 13 nitrogen and oxygen atoms in total. The molecular weight excluding hydrogens is 571 g/mol. The smallest absolute Gasteiger partial charge is 0.305 e. The zero-order chi connectivity index (χ0) is 29.6. The van der Waals surface area contributed by atoms with Crippen LogP contribution in [0.3, 0.4) is 0 Å². The van der Waals surface area contributed by atoms with Crippen LogP contribution >= 0.6 is 23.2 Å². The first kappa shape index (κ1) is 30.3. The number of nitrogens with one attached hydrogen (secondary N) is 2. The predicted molar refractivity (Wildman–Crippen MR) is 143 cm³/mol. The number of hydrogen-bond acceptors (Lipinski definition) is 8. The second-order valence-corrected chi connectivity index (χ2v) is 9.30. The number of carbonyl (C=O) groups is 6. The number of ether oxygens (including phenoxy) is 1. The van der Waals surface area contributed by atoms with Crippen LogP contribution < -0.4 is 25.2 Å². The third-order valence-corrected chi connectivity index (χ3v) is 6.37. The third-order valence-electron chi connectivity index (χ3n) is 5.81. The number of nitrogens with zero attached hydrogens (tertiary/aromatic N) is 2. The maximum Gasteiger partial charge on any atom is 0.305 e. The number of methoxy groups -OCH3 is 1. The van der Waals surface area contributed by atoms with Gasteiger partial charge in [0, 0.05) is 5.56 Å². The van der Waals surface area contributed by atoms with Gasteiger partial charge >= 0.3 is 5.97 Å². The van der Waals surface area contributed by atoms with Gasteiger partial charge in [-0.2, -0.15) is 0 Å². The zero-order valence-electron chi connectivity index (χ0n) is 20.9. The third kappa shape index (κ3) is 6.86. The highest BCUT2D eigenvalue weighted by Gasteiger charge is 2.38. The van der Waals surface area contributed by atoms with Crippen molar-refractivity contribution < 1.29 is 43.7 Å². The topological polar surface area (TPSA) is 183 Å². The molecule has 0 spiro atoms. The summed E-state index contributed by atoms with van der Waals surface area (Å²) in [6.07, 6.45) is -0.426. The Morgan fingerprint density at radius 2 is 1.77 bits per heavy atom. The molecule has 1 aliphatic rings. The van der Waals surface area contributed by atoms with E-state index in [-0.39, 0.29) is 39.0 Å². The van der Waals surface area contributed by atoms with Gasteiger partial charge < -0.3 is 35.3 Å². The highest BCUT2D eigenvalue weighted by atomic mass is 35.5. The molecule has 4 amide bonds. The number of fused-ring (bicyclic) bond motifs is 1. The molecule has 0 fully saturated rings. The number of hydrogen-bond donors (Lipinski definition) is 4. The van der Waals surface area contributed by atoms with Gasteiger partial charge in [0.1, 0.15) is 25.5 Å². The van der Waals surface area contributed by atoms with Gasteiger partial charge in [0.05, 0.1) is 47.5 Å². The fraction of sp³-hybridized carbons (Fsp3) is 0.280. The van der Waals surface area contributed by atoms with Crippen molar-refractivity contribution in [3.63, 3.8) is 0 Å². The Bertz CT molecular complexity index is 1330. The van der Waals surface area contributed by atoms with E-state index in [2.05, 4.69) is 10.6 Å². The SMILES string of the molecule is COc1c(Cl)cc(C(=O)N[C@H]2CN(C(=O)CO)c3ccccc3N(CC(=O)N[C@H](C=O)CC(=O)O)C2=O)cc1Cl. The van der Waals surface area contributed by atoms with E-state index in [1.165, 1.54) is 37.4 Å². The maximum atomic E-state index is 13.7. The summed E-state index contributed by atoms with van der Waals surface area (Å²) in [5.74, 6) is -4.46. The number of anilines is 2. The van der Waals surface area contributed by atoms with E-state index in [1.807, 2.05) is 0 Å². The number of aliphatic carboxylic acids is 1. The molecule has 3 rings (SSSR count). The van der Waals surface area contributed by atoms with Crippen LogP contribution in [-0.4, -0.2) is 85.0 Å². The molecule has 0 unspecified atom stereocenters. The van der Waals surface area contributed by atoms with Crippen LogP contribution in [0, 0.1) is 0 Å². The molecule has 1 heterocycles. The van der Waals surface area contributed by atoms with Gasteiger partial charge in [-0.25, -0.2) is 0 Å². The Morgan fingerprint density at radius 3 is 2.33 bits per heavy atom. The largest absolute Gasteiger partial charge is 0.494 e. The quantitative estimate of drug-likeness (QED) is 0.286. The van der Waals surface area contributed by atoms with Crippen LogP contribution in [0.25, 0.3) is 0 Å². The average molecular weight is 595 g/mol. The van der Waals surface area contributed by atoms with Gasteiger partial charge in [-0.15, -0.1) is 0 Å². The number of halogens is 2. The van der Waals surface area contributed by atoms with E-state index >= 15 is 0 Å². The fourth-order valence-corrected chi connectivity index (χ4v) is 4.66. The summed E-state index contributed by atoms with van der Waals surface area (Å²) in [4.78, 5) is 76.6. The summed E-state index contributed by atoms with van der Waals surface area (Å²) in [5.41, 5.74) is 0.224.